The Balaban J connectivity index is 2.25. The van der Waals surface area contributed by atoms with Crippen molar-refractivity contribution in [3.8, 4) is 0 Å². The third kappa shape index (κ3) is 2.83. The predicted octanol–water partition coefficient (Wildman–Crippen LogP) is 2.05. The van der Waals surface area contributed by atoms with E-state index < -0.39 is 0 Å². The summed E-state index contributed by atoms with van der Waals surface area (Å²) in [5.74, 6) is 0. The van der Waals surface area contributed by atoms with E-state index in [1.54, 1.807) is 11.8 Å². The zero-order valence-electron chi connectivity index (χ0n) is 9.84. The Kier molecular flexibility index (Phi) is 4.22. The van der Waals surface area contributed by atoms with E-state index in [2.05, 4.69) is 26.2 Å². The molecule has 0 spiro atoms. The van der Waals surface area contributed by atoms with Gasteiger partial charge >= 0.3 is 0 Å². The van der Waals surface area contributed by atoms with E-state index in [9.17, 15) is 4.79 Å². The molecule has 0 N–H and O–H groups in total. The van der Waals surface area contributed by atoms with Crippen LogP contribution in [0.5, 0.6) is 0 Å². The summed E-state index contributed by atoms with van der Waals surface area (Å²) >= 11 is 3.38. The number of carbonyl (C=O) groups excluding carboxylic acids is 1. The molecule has 0 aliphatic rings. The Hall–Kier alpha value is -1.53. The fourth-order valence-electron chi connectivity index (χ4n) is 1.61. The summed E-state index contributed by atoms with van der Waals surface area (Å²) in [6.45, 7) is 0.879. The number of halogens is 1. The molecule has 0 saturated heterocycles. The number of nitrogens with zero attached hydrogens (tertiary/aromatic N) is 3. The normalized spacial score (nSPS) is 10.6. The van der Waals surface area contributed by atoms with Crippen LogP contribution >= 0.6 is 15.9 Å². The average molecular weight is 310 g/mol. The van der Waals surface area contributed by atoms with Crippen LogP contribution in [0, 0.1) is 0 Å². The van der Waals surface area contributed by atoms with Crippen molar-refractivity contribution in [1.29, 1.82) is 0 Å². The number of aromatic nitrogens is 3. The molecule has 18 heavy (non-hydrogen) atoms. The van der Waals surface area contributed by atoms with Crippen molar-refractivity contribution in [2.24, 2.45) is 0 Å². The number of carbonyl (C=O) groups is 1. The molecule has 5 nitrogen and oxygen atoms in total. The molecule has 0 saturated carbocycles. The first kappa shape index (κ1) is 12.9. The number of hydrogen-bond acceptors (Lipinski definition) is 4. The van der Waals surface area contributed by atoms with E-state index in [1.807, 2.05) is 24.3 Å². The van der Waals surface area contributed by atoms with Gasteiger partial charge in [0.15, 0.2) is 12.0 Å². The van der Waals surface area contributed by atoms with Gasteiger partial charge in [0.25, 0.3) is 0 Å². The predicted molar refractivity (Wildman–Crippen MR) is 69.4 cm³/mol. The molecule has 6 heteroatoms. The van der Waals surface area contributed by atoms with E-state index in [1.165, 1.54) is 0 Å². The van der Waals surface area contributed by atoms with Gasteiger partial charge in [0.2, 0.25) is 0 Å². The second-order valence-corrected chi connectivity index (χ2v) is 4.67. The largest absolute Gasteiger partial charge is 0.378 e. The lowest BCUT2D eigenvalue weighted by Gasteiger charge is -2.06. The maximum absolute atomic E-state index is 10.8. The Labute approximate surface area is 113 Å². The summed E-state index contributed by atoms with van der Waals surface area (Å²) in [5.41, 5.74) is 2.10. The van der Waals surface area contributed by atoms with Crippen molar-refractivity contribution in [2.45, 2.75) is 13.2 Å². The third-order valence-electron chi connectivity index (χ3n) is 2.51. The second kappa shape index (κ2) is 5.88. The van der Waals surface area contributed by atoms with Gasteiger partial charge in [-0.05, 0) is 17.7 Å². The van der Waals surface area contributed by atoms with Crippen LogP contribution in [-0.2, 0) is 17.9 Å². The van der Waals surface area contributed by atoms with Gasteiger partial charge in [-0.2, -0.15) is 0 Å². The summed E-state index contributed by atoms with van der Waals surface area (Å²) in [4.78, 5) is 10.8. The van der Waals surface area contributed by atoms with Crippen LogP contribution in [0.4, 0.5) is 0 Å². The number of methoxy groups -OCH3 is 1. The molecule has 2 rings (SSSR count). The molecular formula is C12H12BrN3O2. The van der Waals surface area contributed by atoms with Crippen LogP contribution in [0.25, 0.3) is 0 Å². The number of benzene rings is 1. The number of rotatable bonds is 5. The Morgan fingerprint density at radius 3 is 2.72 bits per heavy atom. The van der Waals surface area contributed by atoms with Gasteiger partial charge in [-0.3, -0.25) is 4.79 Å². The minimum absolute atomic E-state index is 0.317. The highest BCUT2D eigenvalue weighted by Crippen LogP contribution is 2.13. The highest BCUT2D eigenvalue weighted by atomic mass is 79.9. The van der Waals surface area contributed by atoms with Crippen LogP contribution in [0.1, 0.15) is 21.7 Å². The van der Waals surface area contributed by atoms with Crippen LogP contribution in [0.2, 0.25) is 0 Å². The van der Waals surface area contributed by atoms with E-state index in [0.29, 0.717) is 30.8 Å². The molecule has 0 bridgehead atoms. The number of ether oxygens (including phenoxy) is 1. The van der Waals surface area contributed by atoms with Gasteiger partial charge < -0.3 is 4.74 Å². The fourth-order valence-corrected chi connectivity index (χ4v) is 1.88. The van der Waals surface area contributed by atoms with Crippen molar-refractivity contribution in [3.05, 3.63) is 45.7 Å². The zero-order chi connectivity index (χ0) is 13.0. The van der Waals surface area contributed by atoms with Crippen LogP contribution < -0.4 is 0 Å². The van der Waals surface area contributed by atoms with Crippen molar-refractivity contribution in [3.63, 3.8) is 0 Å². The number of aldehydes is 1. The maximum Gasteiger partial charge on any atom is 0.172 e. The smallest absolute Gasteiger partial charge is 0.172 e. The quantitative estimate of drug-likeness (QED) is 0.793. The first-order valence-electron chi connectivity index (χ1n) is 5.35. The van der Waals surface area contributed by atoms with E-state index in [-0.39, 0.29) is 0 Å². The summed E-state index contributed by atoms with van der Waals surface area (Å²) in [7, 11) is 1.57. The third-order valence-corrected chi connectivity index (χ3v) is 3.03. The van der Waals surface area contributed by atoms with Crippen LogP contribution in [-0.4, -0.2) is 28.4 Å². The van der Waals surface area contributed by atoms with Gasteiger partial charge in [0.05, 0.1) is 18.8 Å². The molecule has 1 heterocycles. The monoisotopic (exact) mass is 309 g/mol. The van der Waals surface area contributed by atoms with E-state index >= 15 is 0 Å². The van der Waals surface area contributed by atoms with Crippen molar-refractivity contribution in [1.82, 2.24) is 15.0 Å². The van der Waals surface area contributed by atoms with Gasteiger partial charge in [0.1, 0.15) is 0 Å². The van der Waals surface area contributed by atoms with Crippen molar-refractivity contribution in [2.75, 3.05) is 7.11 Å². The molecule has 0 radical (unpaired) electrons. The highest BCUT2D eigenvalue weighted by molar-refractivity contribution is 9.10. The first-order chi connectivity index (χ1) is 8.74. The topological polar surface area (TPSA) is 57.0 Å². The maximum atomic E-state index is 10.8. The lowest BCUT2D eigenvalue weighted by molar-refractivity contribution is 0.111. The zero-order valence-corrected chi connectivity index (χ0v) is 11.4. The van der Waals surface area contributed by atoms with Gasteiger partial charge in [-0.1, -0.05) is 33.3 Å². The minimum atomic E-state index is 0.317. The lowest BCUT2D eigenvalue weighted by atomic mass is 10.2. The molecule has 94 valence electrons. The molecule has 0 atom stereocenters. The summed E-state index contributed by atoms with van der Waals surface area (Å²) < 4.78 is 7.76. The Morgan fingerprint density at radius 2 is 2.11 bits per heavy atom. The molecule has 0 unspecified atom stereocenters. The molecule has 0 aliphatic heterocycles. The fraction of sp³-hybridized carbons (Fsp3) is 0.250. The lowest BCUT2D eigenvalue weighted by Crippen LogP contribution is -2.08. The van der Waals surface area contributed by atoms with Gasteiger partial charge in [-0.15, -0.1) is 5.10 Å². The summed E-state index contributed by atoms with van der Waals surface area (Å²) in [6, 6.07) is 7.90. The molecule has 1 aromatic carbocycles. The van der Waals surface area contributed by atoms with Gasteiger partial charge in [-0.25, -0.2) is 4.68 Å². The first-order valence-corrected chi connectivity index (χ1v) is 6.15. The number of hydrogen-bond donors (Lipinski definition) is 0. The summed E-state index contributed by atoms with van der Waals surface area (Å²) in [6.07, 6.45) is 0.694. The van der Waals surface area contributed by atoms with Crippen molar-refractivity contribution < 1.29 is 9.53 Å². The molecule has 0 amide bonds. The van der Waals surface area contributed by atoms with E-state index in [0.717, 1.165) is 10.0 Å². The highest BCUT2D eigenvalue weighted by Gasteiger charge is 2.12. The van der Waals surface area contributed by atoms with Crippen molar-refractivity contribution >= 4 is 22.2 Å². The minimum Gasteiger partial charge on any atom is -0.378 e. The average Bonchev–Trinajstić information content (AvgIpc) is 2.75. The van der Waals surface area contributed by atoms with E-state index in [4.69, 9.17) is 4.74 Å². The standard InChI is InChI=1S/C12H12BrN3O2/c1-18-8-12-11(7-17)14-15-16(12)6-9-2-4-10(13)5-3-9/h2-5,7H,6,8H2,1H3. The molecule has 1 aromatic heterocycles. The second-order valence-electron chi connectivity index (χ2n) is 3.76. The van der Waals surface area contributed by atoms with Gasteiger partial charge in [0, 0.05) is 11.6 Å². The SMILES string of the molecule is COCc1c(C=O)nnn1Cc1ccc(Br)cc1. The molecular weight excluding hydrogens is 298 g/mol. The van der Waals surface area contributed by atoms with Crippen LogP contribution in [0.3, 0.4) is 0 Å². The summed E-state index contributed by atoms with van der Waals surface area (Å²) in [5, 5.41) is 7.79. The molecule has 2 aromatic rings. The Morgan fingerprint density at radius 1 is 1.39 bits per heavy atom. The Bertz CT molecular complexity index is 537. The van der Waals surface area contributed by atoms with Crippen LogP contribution in [0.15, 0.2) is 28.7 Å². The molecule has 0 aliphatic carbocycles. The molecule has 0 fully saturated rings.